The number of hydrogen-bond acceptors (Lipinski definition) is 6. The van der Waals surface area contributed by atoms with Crippen LogP contribution < -0.4 is 15.0 Å². The molecule has 1 aromatic heterocycles. The summed E-state index contributed by atoms with van der Waals surface area (Å²) in [5.74, 6) is 0.599. The molecular weight excluding hydrogens is 310 g/mol. The Kier molecular flexibility index (Phi) is 4.99. The summed E-state index contributed by atoms with van der Waals surface area (Å²) in [6.07, 6.45) is 0. The van der Waals surface area contributed by atoms with Crippen LogP contribution in [0.5, 0.6) is 11.5 Å². The summed E-state index contributed by atoms with van der Waals surface area (Å²) < 4.78 is 11.3. The number of aromatic nitrogens is 2. The Balaban J connectivity index is 2.39. The maximum absolute atomic E-state index is 12.5. The molecule has 0 fully saturated rings. The van der Waals surface area contributed by atoms with Crippen LogP contribution in [0.2, 0.25) is 0 Å². The molecule has 124 valence electrons. The first kappa shape index (κ1) is 17.2. The molecule has 1 heterocycles. The summed E-state index contributed by atoms with van der Waals surface area (Å²) in [4.78, 5) is 24.7. The largest absolute Gasteiger partial charge is 0.493 e. The average Bonchev–Trinajstić information content (AvgIpc) is 2.59. The molecule has 0 saturated heterocycles. The normalized spacial score (nSPS) is 10.1. The number of nitriles is 1. The summed E-state index contributed by atoms with van der Waals surface area (Å²) in [5.41, 5.74) is 0.846. The number of hydrogen-bond donors (Lipinski definition) is 0. The smallest absolute Gasteiger partial charge is 0.285 e. The van der Waals surface area contributed by atoms with Gasteiger partial charge in [0.2, 0.25) is 0 Å². The predicted molar refractivity (Wildman–Crippen MR) is 86.6 cm³/mol. The molecule has 0 unspecified atom stereocenters. The zero-order valence-electron chi connectivity index (χ0n) is 13.9. The Morgan fingerprint density at radius 2 is 1.92 bits per heavy atom. The second-order valence-electron chi connectivity index (χ2n) is 5.15. The third-order valence-electron chi connectivity index (χ3n) is 3.75. The number of nitrogens with zero attached hydrogens (tertiary/aromatic N) is 3. The monoisotopic (exact) mass is 327 g/mol. The number of methoxy groups -OCH3 is 2. The molecule has 0 amide bonds. The van der Waals surface area contributed by atoms with Crippen molar-refractivity contribution >= 4 is 5.78 Å². The quantitative estimate of drug-likeness (QED) is 0.775. The van der Waals surface area contributed by atoms with Crippen LogP contribution in [0.15, 0.2) is 23.0 Å². The Bertz CT molecular complexity index is 894. The number of ether oxygens (including phenoxy) is 2. The zero-order chi connectivity index (χ0) is 17.9. The van der Waals surface area contributed by atoms with Crippen LogP contribution in [0.4, 0.5) is 0 Å². The summed E-state index contributed by atoms with van der Waals surface area (Å²) in [6.45, 7) is 3.08. The lowest BCUT2D eigenvalue weighted by atomic mass is 10.1. The van der Waals surface area contributed by atoms with Gasteiger partial charge in [0.25, 0.3) is 5.56 Å². The highest BCUT2D eigenvalue weighted by Gasteiger charge is 2.16. The Morgan fingerprint density at radius 1 is 1.25 bits per heavy atom. The summed E-state index contributed by atoms with van der Waals surface area (Å²) in [7, 11) is 2.97. The van der Waals surface area contributed by atoms with Crippen LogP contribution in [-0.2, 0) is 6.54 Å². The second kappa shape index (κ2) is 6.96. The fourth-order valence-electron chi connectivity index (χ4n) is 2.25. The van der Waals surface area contributed by atoms with Gasteiger partial charge >= 0.3 is 0 Å². The van der Waals surface area contributed by atoms with Crippen molar-refractivity contribution in [3.63, 3.8) is 0 Å². The fourth-order valence-corrected chi connectivity index (χ4v) is 2.25. The van der Waals surface area contributed by atoms with Crippen molar-refractivity contribution in [2.75, 3.05) is 14.2 Å². The number of ketones is 1. The van der Waals surface area contributed by atoms with Gasteiger partial charge in [0.05, 0.1) is 19.9 Å². The van der Waals surface area contributed by atoms with Crippen LogP contribution in [0, 0.1) is 25.2 Å². The minimum absolute atomic E-state index is 0.00242. The van der Waals surface area contributed by atoms with Crippen molar-refractivity contribution in [1.82, 2.24) is 9.78 Å². The number of rotatable bonds is 5. The molecule has 0 spiro atoms. The molecule has 0 saturated carbocycles. The molecular formula is C17H17N3O4. The topological polar surface area (TPSA) is 94.2 Å². The van der Waals surface area contributed by atoms with E-state index in [1.807, 2.05) is 6.07 Å². The molecule has 0 aliphatic rings. The highest BCUT2D eigenvalue weighted by atomic mass is 16.5. The maximum Gasteiger partial charge on any atom is 0.285 e. The van der Waals surface area contributed by atoms with E-state index in [4.69, 9.17) is 14.7 Å². The average molecular weight is 327 g/mol. The van der Waals surface area contributed by atoms with Gasteiger partial charge in [0.1, 0.15) is 18.2 Å². The molecule has 24 heavy (non-hydrogen) atoms. The molecule has 2 rings (SSSR count). The van der Waals surface area contributed by atoms with Crippen LogP contribution >= 0.6 is 0 Å². The Hall–Kier alpha value is -3.14. The van der Waals surface area contributed by atoms with Crippen molar-refractivity contribution in [1.29, 1.82) is 5.26 Å². The summed E-state index contributed by atoms with van der Waals surface area (Å²) in [5, 5.41) is 13.2. The van der Waals surface area contributed by atoms with E-state index in [-0.39, 0.29) is 17.9 Å². The Morgan fingerprint density at radius 3 is 2.50 bits per heavy atom. The molecule has 0 N–H and O–H groups in total. The van der Waals surface area contributed by atoms with Gasteiger partial charge in [0, 0.05) is 5.56 Å². The van der Waals surface area contributed by atoms with E-state index in [1.165, 1.54) is 14.2 Å². The van der Waals surface area contributed by atoms with Crippen LogP contribution in [-0.4, -0.2) is 29.8 Å². The molecule has 0 aliphatic carbocycles. The SMILES string of the molecule is COc1ccc(C(=O)Cn2nc(C)c(C)c(C#N)c2=O)cc1OC. The van der Waals surface area contributed by atoms with E-state index < -0.39 is 5.56 Å². The van der Waals surface area contributed by atoms with Gasteiger partial charge in [-0.2, -0.15) is 10.4 Å². The van der Waals surface area contributed by atoms with E-state index in [0.29, 0.717) is 28.3 Å². The van der Waals surface area contributed by atoms with Gasteiger partial charge in [-0.25, -0.2) is 4.68 Å². The van der Waals surface area contributed by atoms with Gasteiger partial charge < -0.3 is 9.47 Å². The molecule has 7 nitrogen and oxygen atoms in total. The van der Waals surface area contributed by atoms with E-state index in [2.05, 4.69) is 5.10 Å². The molecule has 0 aliphatic heterocycles. The molecule has 1 aromatic carbocycles. The first-order valence-corrected chi connectivity index (χ1v) is 7.16. The molecule has 0 atom stereocenters. The standard InChI is InChI=1S/C17H17N3O4/c1-10-11(2)19-20(17(22)13(10)8-18)9-14(21)12-5-6-15(23-3)16(7-12)24-4/h5-7H,9H2,1-4H3. The molecule has 0 radical (unpaired) electrons. The third kappa shape index (κ3) is 3.13. The fraction of sp³-hybridized carbons (Fsp3) is 0.294. The lowest BCUT2D eigenvalue weighted by Crippen LogP contribution is -2.30. The molecule has 0 bridgehead atoms. The third-order valence-corrected chi connectivity index (χ3v) is 3.75. The van der Waals surface area contributed by atoms with Gasteiger partial charge in [-0.15, -0.1) is 0 Å². The van der Waals surface area contributed by atoms with Crippen molar-refractivity contribution in [2.45, 2.75) is 20.4 Å². The first-order chi connectivity index (χ1) is 11.4. The van der Waals surface area contributed by atoms with Crippen molar-refractivity contribution in [2.24, 2.45) is 0 Å². The van der Waals surface area contributed by atoms with Gasteiger partial charge in [-0.05, 0) is 37.6 Å². The van der Waals surface area contributed by atoms with Gasteiger partial charge in [0.15, 0.2) is 17.3 Å². The minimum atomic E-state index is -0.575. The van der Waals surface area contributed by atoms with Crippen molar-refractivity contribution in [3.05, 3.63) is 50.9 Å². The van der Waals surface area contributed by atoms with Gasteiger partial charge in [-0.3, -0.25) is 9.59 Å². The van der Waals surface area contributed by atoms with Crippen LogP contribution in [0.25, 0.3) is 0 Å². The predicted octanol–water partition coefficient (Wildman–Crippen LogP) is 1.63. The van der Waals surface area contributed by atoms with Gasteiger partial charge in [-0.1, -0.05) is 0 Å². The number of benzene rings is 1. The molecule has 2 aromatic rings. The summed E-state index contributed by atoms with van der Waals surface area (Å²) in [6, 6.07) is 6.61. The highest BCUT2D eigenvalue weighted by molar-refractivity contribution is 5.96. The van der Waals surface area contributed by atoms with Crippen LogP contribution in [0.3, 0.4) is 0 Å². The lowest BCUT2D eigenvalue weighted by molar-refractivity contribution is 0.0965. The molecule has 7 heteroatoms. The lowest BCUT2D eigenvalue weighted by Gasteiger charge is -2.11. The summed E-state index contributed by atoms with van der Waals surface area (Å²) >= 11 is 0. The number of carbonyl (C=O) groups is 1. The van der Waals surface area contributed by atoms with E-state index in [0.717, 1.165) is 4.68 Å². The second-order valence-corrected chi connectivity index (χ2v) is 5.15. The van der Waals surface area contributed by atoms with E-state index in [9.17, 15) is 9.59 Å². The zero-order valence-corrected chi connectivity index (χ0v) is 13.9. The first-order valence-electron chi connectivity index (χ1n) is 7.16. The number of aryl methyl sites for hydroxylation is 1. The number of Topliss-reactive ketones (excluding diaryl/α,β-unsaturated/α-hetero) is 1. The van der Waals surface area contributed by atoms with Crippen molar-refractivity contribution in [3.8, 4) is 17.6 Å². The highest BCUT2D eigenvalue weighted by Crippen LogP contribution is 2.27. The number of carbonyl (C=O) groups excluding carboxylic acids is 1. The van der Waals surface area contributed by atoms with Crippen LogP contribution in [0.1, 0.15) is 27.2 Å². The maximum atomic E-state index is 12.5. The van der Waals surface area contributed by atoms with Crippen molar-refractivity contribution < 1.29 is 14.3 Å². The van der Waals surface area contributed by atoms with E-state index in [1.54, 1.807) is 32.0 Å². The minimum Gasteiger partial charge on any atom is -0.493 e. The van der Waals surface area contributed by atoms with E-state index >= 15 is 0 Å². The Labute approximate surface area is 139 Å².